The number of aliphatic hydroxyl groups is 2. The van der Waals surface area contributed by atoms with Crippen molar-refractivity contribution in [3.8, 4) is 0 Å². The van der Waals surface area contributed by atoms with Crippen LogP contribution in [-0.4, -0.2) is 45.8 Å². The summed E-state index contributed by atoms with van der Waals surface area (Å²) in [5.41, 5.74) is 0.490. The summed E-state index contributed by atoms with van der Waals surface area (Å²) in [7, 11) is 1.98. The van der Waals surface area contributed by atoms with E-state index in [4.69, 9.17) is 0 Å². The molecule has 2 N–H and O–H groups in total. The van der Waals surface area contributed by atoms with Crippen molar-refractivity contribution in [3.63, 3.8) is 0 Å². The number of hydrogen-bond donors (Lipinski definition) is 2. The minimum absolute atomic E-state index is 0.178. The summed E-state index contributed by atoms with van der Waals surface area (Å²) in [6.07, 6.45) is 4.78. The van der Waals surface area contributed by atoms with Gasteiger partial charge in [-0.05, 0) is 38.4 Å². The van der Waals surface area contributed by atoms with E-state index in [1.807, 2.05) is 7.05 Å². The van der Waals surface area contributed by atoms with Crippen molar-refractivity contribution in [2.45, 2.75) is 50.4 Å². The Morgan fingerprint density at radius 2 is 2.15 bits per heavy atom. The summed E-state index contributed by atoms with van der Waals surface area (Å²) >= 11 is 0. The highest BCUT2D eigenvalue weighted by molar-refractivity contribution is 5.08. The van der Waals surface area contributed by atoms with Gasteiger partial charge in [0, 0.05) is 12.6 Å². The summed E-state index contributed by atoms with van der Waals surface area (Å²) in [6.45, 7) is 0.682. The number of nitrogens with zero attached hydrogens (tertiary/aromatic N) is 2. The van der Waals surface area contributed by atoms with Crippen LogP contribution in [-0.2, 0) is 0 Å². The zero-order chi connectivity index (χ0) is 14.5. The fraction of sp³-hybridized carbons (Fsp3) is 0.667. The Hall–Kier alpha value is -1.04. The van der Waals surface area contributed by atoms with Crippen LogP contribution in [0.25, 0.3) is 0 Å². The van der Waals surface area contributed by atoms with Gasteiger partial charge in [-0.15, -0.1) is 0 Å². The second kappa shape index (κ2) is 7.11. The van der Waals surface area contributed by atoms with Crippen LogP contribution in [0.5, 0.6) is 0 Å². The van der Waals surface area contributed by atoms with Crippen molar-refractivity contribution in [3.05, 3.63) is 29.8 Å². The third-order valence-corrected chi connectivity index (χ3v) is 4.11. The van der Waals surface area contributed by atoms with Crippen molar-refractivity contribution in [2.75, 3.05) is 13.6 Å². The molecule has 1 fully saturated rings. The molecule has 1 saturated carbocycles. The Bertz CT molecular complexity index is 413. The van der Waals surface area contributed by atoms with Crippen molar-refractivity contribution >= 4 is 0 Å². The molecule has 0 radical (unpaired) electrons. The van der Waals surface area contributed by atoms with Gasteiger partial charge in [-0.1, -0.05) is 12.8 Å². The number of pyridine rings is 1. The highest BCUT2D eigenvalue weighted by atomic mass is 19.1. The molecule has 5 heteroatoms. The SMILES string of the molecule is CN(CCC(O)c1ccc(F)cn1)C1CCCCC1O. The lowest BCUT2D eigenvalue weighted by Crippen LogP contribution is -2.43. The summed E-state index contributed by atoms with van der Waals surface area (Å²) in [6, 6.07) is 2.99. The van der Waals surface area contributed by atoms with Crippen molar-refractivity contribution in [1.82, 2.24) is 9.88 Å². The van der Waals surface area contributed by atoms with E-state index in [9.17, 15) is 14.6 Å². The van der Waals surface area contributed by atoms with Crippen LogP contribution in [0.2, 0.25) is 0 Å². The van der Waals surface area contributed by atoms with E-state index < -0.39 is 11.9 Å². The van der Waals surface area contributed by atoms with E-state index in [1.54, 1.807) is 0 Å². The molecule has 0 spiro atoms. The maximum Gasteiger partial charge on any atom is 0.141 e. The average Bonchev–Trinajstić information content (AvgIpc) is 2.45. The largest absolute Gasteiger partial charge is 0.391 e. The molecule has 3 unspecified atom stereocenters. The van der Waals surface area contributed by atoms with Gasteiger partial charge in [0.05, 0.1) is 24.1 Å². The fourth-order valence-corrected chi connectivity index (χ4v) is 2.83. The number of aromatic nitrogens is 1. The van der Waals surface area contributed by atoms with E-state index in [1.165, 1.54) is 12.1 Å². The van der Waals surface area contributed by atoms with Gasteiger partial charge < -0.3 is 15.1 Å². The highest BCUT2D eigenvalue weighted by Gasteiger charge is 2.26. The molecule has 0 saturated heterocycles. The molecule has 1 heterocycles. The van der Waals surface area contributed by atoms with E-state index in [0.717, 1.165) is 31.9 Å². The van der Waals surface area contributed by atoms with Gasteiger partial charge in [-0.3, -0.25) is 4.98 Å². The van der Waals surface area contributed by atoms with E-state index in [-0.39, 0.29) is 12.1 Å². The van der Waals surface area contributed by atoms with Gasteiger partial charge in [-0.25, -0.2) is 4.39 Å². The minimum Gasteiger partial charge on any atom is -0.391 e. The van der Waals surface area contributed by atoms with Crippen LogP contribution >= 0.6 is 0 Å². The summed E-state index contributed by atoms with van der Waals surface area (Å²) in [5.74, 6) is -0.400. The average molecular weight is 282 g/mol. The molecule has 0 aromatic carbocycles. The standard InChI is InChI=1S/C15H23FN2O2/c1-18(13-4-2-3-5-15(13)20)9-8-14(19)12-7-6-11(16)10-17-12/h6-7,10,13-15,19-20H,2-5,8-9H2,1H3. The molecular weight excluding hydrogens is 259 g/mol. The van der Waals surface area contributed by atoms with Crippen LogP contribution in [0.1, 0.15) is 43.9 Å². The number of likely N-dealkylation sites (N-methyl/N-ethyl adjacent to an activating group) is 1. The molecule has 0 bridgehead atoms. The number of aliphatic hydroxyl groups excluding tert-OH is 2. The van der Waals surface area contributed by atoms with Gasteiger partial charge in [0.15, 0.2) is 0 Å². The van der Waals surface area contributed by atoms with Gasteiger partial charge in [0.25, 0.3) is 0 Å². The quantitative estimate of drug-likeness (QED) is 0.866. The lowest BCUT2D eigenvalue weighted by molar-refractivity contribution is 0.0250. The molecule has 0 amide bonds. The Kier molecular flexibility index (Phi) is 5.46. The van der Waals surface area contributed by atoms with Crippen LogP contribution in [0.3, 0.4) is 0 Å². The van der Waals surface area contributed by atoms with Gasteiger partial charge in [-0.2, -0.15) is 0 Å². The molecule has 1 aliphatic rings. The molecule has 0 aliphatic heterocycles. The maximum atomic E-state index is 12.8. The first-order valence-corrected chi connectivity index (χ1v) is 7.25. The van der Waals surface area contributed by atoms with Gasteiger partial charge >= 0.3 is 0 Å². The smallest absolute Gasteiger partial charge is 0.141 e. The third-order valence-electron chi connectivity index (χ3n) is 4.11. The first-order chi connectivity index (χ1) is 9.58. The number of halogens is 1. The summed E-state index contributed by atoms with van der Waals surface area (Å²) in [5, 5.41) is 20.0. The fourth-order valence-electron chi connectivity index (χ4n) is 2.83. The molecular formula is C15H23FN2O2. The number of hydrogen-bond acceptors (Lipinski definition) is 4. The summed E-state index contributed by atoms with van der Waals surface area (Å²) < 4.78 is 12.8. The molecule has 1 aromatic rings. The van der Waals surface area contributed by atoms with Crippen molar-refractivity contribution in [1.29, 1.82) is 0 Å². The van der Waals surface area contributed by atoms with Crippen LogP contribution in [0, 0.1) is 5.82 Å². The second-order valence-corrected chi connectivity index (χ2v) is 5.61. The molecule has 112 valence electrons. The second-order valence-electron chi connectivity index (χ2n) is 5.61. The molecule has 4 nitrogen and oxygen atoms in total. The molecule has 3 atom stereocenters. The molecule has 1 aromatic heterocycles. The zero-order valence-electron chi connectivity index (χ0n) is 11.9. The normalized spacial score (nSPS) is 24.9. The lowest BCUT2D eigenvalue weighted by Gasteiger charge is -2.35. The van der Waals surface area contributed by atoms with Crippen LogP contribution in [0.15, 0.2) is 18.3 Å². The first-order valence-electron chi connectivity index (χ1n) is 7.25. The predicted molar refractivity (Wildman–Crippen MR) is 74.7 cm³/mol. The highest BCUT2D eigenvalue weighted by Crippen LogP contribution is 2.23. The predicted octanol–water partition coefficient (Wildman–Crippen LogP) is 1.88. The molecule has 1 aliphatic carbocycles. The monoisotopic (exact) mass is 282 g/mol. The Morgan fingerprint density at radius 1 is 1.40 bits per heavy atom. The molecule has 20 heavy (non-hydrogen) atoms. The number of rotatable bonds is 5. The Labute approximate surface area is 119 Å². The Balaban J connectivity index is 1.83. The van der Waals surface area contributed by atoms with Crippen LogP contribution in [0.4, 0.5) is 4.39 Å². The van der Waals surface area contributed by atoms with Gasteiger partial charge in [0.1, 0.15) is 5.82 Å². The topological polar surface area (TPSA) is 56.6 Å². The molecule has 2 rings (SSSR count). The zero-order valence-corrected chi connectivity index (χ0v) is 11.9. The Morgan fingerprint density at radius 3 is 2.80 bits per heavy atom. The maximum absolute atomic E-state index is 12.8. The van der Waals surface area contributed by atoms with E-state index in [2.05, 4.69) is 9.88 Å². The van der Waals surface area contributed by atoms with Crippen LogP contribution < -0.4 is 0 Å². The van der Waals surface area contributed by atoms with Crippen molar-refractivity contribution in [2.24, 2.45) is 0 Å². The minimum atomic E-state index is -0.696. The summed E-state index contributed by atoms with van der Waals surface area (Å²) in [4.78, 5) is 6.00. The van der Waals surface area contributed by atoms with E-state index >= 15 is 0 Å². The third kappa shape index (κ3) is 3.98. The van der Waals surface area contributed by atoms with Crippen molar-refractivity contribution < 1.29 is 14.6 Å². The first kappa shape index (κ1) is 15.4. The van der Waals surface area contributed by atoms with Gasteiger partial charge in [0.2, 0.25) is 0 Å². The lowest BCUT2D eigenvalue weighted by atomic mass is 9.91. The van der Waals surface area contributed by atoms with E-state index in [0.29, 0.717) is 18.7 Å².